The molecule has 35 heavy (non-hydrogen) atoms. The molecule has 2 N–H and O–H groups in total. The second kappa shape index (κ2) is 10.4. The lowest BCUT2D eigenvalue weighted by atomic mass is 9.97. The molecule has 1 aliphatic heterocycles. The van der Waals surface area contributed by atoms with Gasteiger partial charge in [-0.1, -0.05) is 17.7 Å². The molecule has 10 nitrogen and oxygen atoms in total. The predicted octanol–water partition coefficient (Wildman–Crippen LogP) is 4.06. The van der Waals surface area contributed by atoms with Crippen molar-refractivity contribution < 1.29 is 23.9 Å². The average Bonchev–Trinajstić information content (AvgIpc) is 3.26. The van der Waals surface area contributed by atoms with E-state index >= 15 is 0 Å². The molecule has 180 valence electrons. The van der Waals surface area contributed by atoms with Gasteiger partial charge in [0.2, 0.25) is 12.7 Å². The van der Waals surface area contributed by atoms with Gasteiger partial charge in [0.15, 0.2) is 5.82 Å². The van der Waals surface area contributed by atoms with Crippen molar-refractivity contribution in [2.45, 2.75) is 19.8 Å². The van der Waals surface area contributed by atoms with Crippen LogP contribution in [0.15, 0.2) is 36.4 Å². The topological polar surface area (TPSA) is 137 Å². The minimum atomic E-state index is -0.643. The van der Waals surface area contributed by atoms with Crippen molar-refractivity contribution in [3.63, 3.8) is 0 Å². The van der Waals surface area contributed by atoms with Crippen LogP contribution in [0.25, 0.3) is 22.0 Å². The third kappa shape index (κ3) is 5.53. The summed E-state index contributed by atoms with van der Waals surface area (Å²) in [7, 11) is 0. The van der Waals surface area contributed by atoms with Gasteiger partial charge < -0.3 is 19.7 Å². The number of hydrogen-bond donors (Lipinski definition) is 2. The van der Waals surface area contributed by atoms with Crippen LogP contribution < -0.4 is 5.32 Å². The minimum absolute atomic E-state index is 0.175. The number of hydrogen-bond acceptors (Lipinski definition) is 7. The highest BCUT2D eigenvalue weighted by molar-refractivity contribution is 6.33. The molecule has 0 spiro atoms. The number of anilines is 1. The zero-order valence-electron chi connectivity index (χ0n) is 18.8. The summed E-state index contributed by atoms with van der Waals surface area (Å²) in [6.45, 7) is 1.37. The summed E-state index contributed by atoms with van der Waals surface area (Å²) in [5.41, 5.74) is 2.67. The van der Waals surface area contributed by atoms with Gasteiger partial charge >= 0.3 is 12.1 Å². The van der Waals surface area contributed by atoms with Crippen molar-refractivity contribution in [1.29, 1.82) is 5.26 Å². The zero-order valence-corrected chi connectivity index (χ0v) is 19.6. The molecule has 1 aromatic heterocycles. The number of halogens is 1. The number of ether oxygens (including phenoxy) is 2. The monoisotopic (exact) mass is 495 g/mol. The van der Waals surface area contributed by atoms with Crippen molar-refractivity contribution in [3.8, 4) is 17.2 Å². The lowest BCUT2D eigenvalue weighted by Gasteiger charge is -2.31. The number of nitrogens with zero attached hydrogens (tertiary/aromatic N) is 3. The van der Waals surface area contributed by atoms with E-state index < -0.39 is 24.8 Å². The summed E-state index contributed by atoms with van der Waals surface area (Å²) >= 11 is 6.36. The van der Waals surface area contributed by atoms with Crippen molar-refractivity contribution in [3.05, 3.63) is 47.0 Å². The minimum Gasteiger partial charge on any atom is -0.428 e. The third-order valence-electron chi connectivity index (χ3n) is 5.71. The Morgan fingerprint density at radius 3 is 2.86 bits per heavy atom. The normalized spacial score (nSPS) is 15.3. The van der Waals surface area contributed by atoms with E-state index in [1.807, 2.05) is 18.2 Å². The number of carbonyl (C=O) groups is 3. The molecular formula is C24H22ClN5O5. The predicted molar refractivity (Wildman–Crippen MR) is 127 cm³/mol. The van der Waals surface area contributed by atoms with E-state index in [1.54, 1.807) is 18.2 Å². The highest BCUT2D eigenvalue weighted by atomic mass is 35.5. The Morgan fingerprint density at radius 2 is 2.09 bits per heavy atom. The Bertz CT molecular complexity index is 1330. The van der Waals surface area contributed by atoms with Gasteiger partial charge in [-0.2, -0.15) is 10.4 Å². The maximum atomic E-state index is 13.0. The quantitative estimate of drug-likeness (QED) is 0.402. The molecule has 2 aromatic carbocycles. The number of amides is 2. The zero-order chi connectivity index (χ0) is 24.9. The molecular weight excluding hydrogens is 474 g/mol. The number of fused-ring (bicyclic) bond motifs is 1. The Kier molecular flexibility index (Phi) is 7.17. The van der Waals surface area contributed by atoms with Gasteiger partial charge in [0.25, 0.3) is 0 Å². The Hall–Kier alpha value is -4.10. The fraction of sp³-hybridized carbons (Fsp3) is 0.292. The van der Waals surface area contributed by atoms with Crippen LogP contribution in [0.2, 0.25) is 5.02 Å². The van der Waals surface area contributed by atoms with Crippen LogP contribution in [0.4, 0.5) is 10.6 Å². The number of nitrogens with one attached hydrogen (secondary N) is 2. The summed E-state index contributed by atoms with van der Waals surface area (Å²) in [6.07, 6.45) is 0.582. The SMILES string of the molecule is CC(=O)OCOC(=O)N1CCCC(C(=O)Nc2n[nH]c3ccc(-c4cc(C#N)ccc4Cl)cc23)C1. The highest BCUT2D eigenvalue weighted by Gasteiger charge is 2.30. The van der Waals surface area contributed by atoms with Crippen LogP contribution in [-0.2, 0) is 19.1 Å². The average molecular weight is 496 g/mol. The van der Waals surface area contributed by atoms with E-state index in [2.05, 4.69) is 26.3 Å². The molecule has 0 radical (unpaired) electrons. The summed E-state index contributed by atoms with van der Waals surface area (Å²) < 4.78 is 9.56. The fourth-order valence-corrected chi connectivity index (χ4v) is 4.15. The number of H-pyrrole nitrogens is 1. The van der Waals surface area contributed by atoms with E-state index in [1.165, 1.54) is 11.8 Å². The second-order valence-electron chi connectivity index (χ2n) is 8.08. The van der Waals surface area contributed by atoms with E-state index in [-0.39, 0.29) is 12.5 Å². The number of carbonyl (C=O) groups excluding carboxylic acids is 3. The summed E-state index contributed by atoms with van der Waals surface area (Å²) in [6, 6.07) is 12.7. The number of aromatic amines is 1. The Morgan fingerprint density at radius 1 is 1.26 bits per heavy atom. The van der Waals surface area contributed by atoms with Gasteiger partial charge in [0, 0.05) is 36.0 Å². The second-order valence-corrected chi connectivity index (χ2v) is 8.48. The first-order valence-corrected chi connectivity index (χ1v) is 11.3. The standard InChI is InChI=1S/C24H22ClN5O5/c1-14(31)34-13-35-24(33)30-8-2-3-17(12-30)23(32)27-22-19-10-16(5-7-21(19)28-29-22)18-9-15(11-26)4-6-20(18)25/h4-7,9-10,17H,2-3,8,12-13H2,1H3,(H2,27,28,29,32). The van der Waals surface area contributed by atoms with Gasteiger partial charge in [-0.15, -0.1) is 0 Å². The molecule has 1 saturated heterocycles. The summed E-state index contributed by atoms with van der Waals surface area (Å²) in [5, 5.41) is 20.4. The van der Waals surface area contributed by atoms with E-state index in [0.717, 1.165) is 11.1 Å². The lowest BCUT2D eigenvalue weighted by Crippen LogP contribution is -2.44. The first-order valence-electron chi connectivity index (χ1n) is 10.9. The third-order valence-corrected chi connectivity index (χ3v) is 6.04. The highest BCUT2D eigenvalue weighted by Crippen LogP contribution is 2.33. The maximum Gasteiger partial charge on any atom is 0.412 e. The molecule has 0 saturated carbocycles. The number of aromatic nitrogens is 2. The Balaban J connectivity index is 1.48. The largest absolute Gasteiger partial charge is 0.428 e. The molecule has 0 aliphatic carbocycles. The van der Waals surface area contributed by atoms with Gasteiger partial charge in [-0.05, 0) is 48.7 Å². The maximum absolute atomic E-state index is 13.0. The van der Waals surface area contributed by atoms with E-state index in [4.69, 9.17) is 16.3 Å². The molecule has 11 heteroatoms. The molecule has 2 amide bonds. The van der Waals surface area contributed by atoms with Crippen LogP contribution >= 0.6 is 11.6 Å². The van der Waals surface area contributed by atoms with Crippen molar-refractivity contribution in [1.82, 2.24) is 15.1 Å². The van der Waals surface area contributed by atoms with Crippen molar-refractivity contribution in [2.24, 2.45) is 5.92 Å². The fourth-order valence-electron chi connectivity index (χ4n) is 3.92. The number of piperidine rings is 1. The molecule has 0 bridgehead atoms. The van der Waals surface area contributed by atoms with Crippen molar-refractivity contribution in [2.75, 3.05) is 25.2 Å². The van der Waals surface area contributed by atoms with Crippen molar-refractivity contribution >= 4 is 46.3 Å². The molecule has 4 rings (SSSR count). The number of likely N-dealkylation sites (tertiary alicyclic amines) is 1. The molecule has 2 heterocycles. The number of nitriles is 1. The van der Waals surface area contributed by atoms with E-state index in [0.29, 0.717) is 46.7 Å². The number of rotatable bonds is 5. The van der Waals surface area contributed by atoms with E-state index in [9.17, 15) is 19.6 Å². The smallest absolute Gasteiger partial charge is 0.412 e. The lowest BCUT2D eigenvalue weighted by molar-refractivity contribution is -0.149. The number of benzene rings is 2. The van der Waals surface area contributed by atoms with Crippen LogP contribution in [0, 0.1) is 17.2 Å². The first-order chi connectivity index (χ1) is 16.9. The molecule has 1 atom stereocenters. The van der Waals surface area contributed by atoms with Crippen LogP contribution in [0.5, 0.6) is 0 Å². The van der Waals surface area contributed by atoms with Gasteiger partial charge in [0.05, 0.1) is 23.1 Å². The van der Waals surface area contributed by atoms with Crippen LogP contribution in [-0.4, -0.2) is 52.9 Å². The summed E-state index contributed by atoms with van der Waals surface area (Å²) in [5.74, 6) is -0.926. The molecule has 3 aromatic rings. The van der Waals surface area contributed by atoms with Gasteiger partial charge in [-0.25, -0.2) is 4.79 Å². The first kappa shape index (κ1) is 24.0. The molecule has 1 aliphatic rings. The van der Waals surface area contributed by atoms with Gasteiger partial charge in [-0.3, -0.25) is 14.7 Å². The van der Waals surface area contributed by atoms with Gasteiger partial charge in [0.1, 0.15) is 0 Å². The summed E-state index contributed by atoms with van der Waals surface area (Å²) in [4.78, 5) is 37.5. The van der Waals surface area contributed by atoms with Crippen LogP contribution in [0.3, 0.4) is 0 Å². The number of esters is 1. The van der Waals surface area contributed by atoms with Crippen LogP contribution in [0.1, 0.15) is 25.3 Å². The Labute approximate surface area is 205 Å². The molecule has 1 fully saturated rings. The molecule has 1 unspecified atom stereocenters.